The average molecular weight is 634 g/mol. The molecule has 248 valence electrons. The molecule has 1 aromatic carbocycles. The number of pyridine rings is 1. The Balaban J connectivity index is 1.52. The fourth-order valence-corrected chi connectivity index (χ4v) is 6.49. The van der Waals surface area contributed by atoms with Gasteiger partial charge in [-0.2, -0.15) is 0 Å². The van der Waals surface area contributed by atoms with Gasteiger partial charge in [-0.1, -0.05) is 50.3 Å². The third-order valence-corrected chi connectivity index (χ3v) is 9.05. The van der Waals surface area contributed by atoms with Crippen molar-refractivity contribution in [1.29, 1.82) is 0 Å². The van der Waals surface area contributed by atoms with E-state index in [4.69, 9.17) is 15.6 Å². The van der Waals surface area contributed by atoms with Crippen LogP contribution in [-0.4, -0.2) is 68.4 Å². The summed E-state index contributed by atoms with van der Waals surface area (Å²) in [4.78, 5) is 32.9. The number of ether oxygens (including phenoxy) is 1. The van der Waals surface area contributed by atoms with E-state index in [1.54, 1.807) is 18.3 Å². The number of phenolic OH excluding ortho intramolecular Hbond substituents is 1. The Morgan fingerprint density at radius 2 is 1.74 bits per heavy atom. The number of fused-ring (bicyclic) bond motifs is 1. The van der Waals surface area contributed by atoms with Crippen LogP contribution in [0.15, 0.2) is 48.8 Å². The van der Waals surface area contributed by atoms with Crippen molar-refractivity contribution in [1.82, 2.24) is 9.97 Å². The highest BCUT2D eigenvalue weighted by Gasteiger charge is 2.44. The van der Waals surface area contributed by atoms with Crippen molar-refractivity contribution in [2.75, 3.05) is 26.1 Å². The molecule has 0 amide bonds. The fraction of sp³-hybridized carbons (Fsp3) is 0.472. The number of aromatic amines is 1. The zero-order valence-electron chi connectivity index (χ0n) is 26.6. The number of carbonyl (C=O) groups excluding carboxylic acids is 2. The predicted octanol–water partition coefficient (Wildman–Crippen LogP) is 4.63. The summed E-state index contributed by atoms with van der Waals surface area (Å²) in [5.74, 6) is -1.13. The van der Waals surface area contributed by atoms with Gasteiger partial charge in [0.05, 0.1) is 13.7 Å². The van der Waals surface area contributed by atoms with E-state index in [0.717, 1.165) is 49.8 Å². The zero-order valence-corrected chi connectivity index (χ0v) is 26.6. The monoisotopic (exact) mass is 633 g/mol. The standard InChI is InChI=1S/C36H47N3O7/c1-46-31-21-24(12-13-30(43)34(45)29(42)11-7-5-3-2-4-6-8-19-40)20-28(33(31)44)32-26-15-18-39-35(37)27(26)14-16-36(32,23-41)22-25-10-9-17-38-25/h9-10,14-18,20-21,32,34,38,40-41,44-45H,2-8,11-13,19,22-23H2,1H3,(H2,37,39). The van der Waals surface area contributed by atoms with Gasteiger partial charge in [0.25, 0.3) is 0 Å². The zero-order chi connectivity index (χ0) is 33.1. The molecule has 1 aliphatic rings. The number of nitrogen functional groups attached to an aromatic ring is 1. The molecule has 2 heterocycles. The summed E-state index contributed by atoms with van der Waals surface area (Å²) in [6.07, 6.45) is 12.6. The molecule has 2 aromatic heterocycles. The van der Waals surface area contributed by atoms with Gasteiger partial charge >= 0.3 is 0 Å². The van der Waals surface area contributed by atoms with E-state index < -0.39 is 29.0 Å². The molecule has 0 saturated carbocycles. The van der Waals surface area contributed by atoms with Gasteiger partial charge in [0, 0.05) is 60.0 Å². The third-order valence-electron chi connectivity index (χ3n) is 9.05. The summed E-state index contributed by atoms with van der Waals surface area (Å²) in [6.45, 7) is -0.0294. The highest BCUT2D eigenvalue weighted by atomic mass is 16.5. The maximum Gasteiger partial charge on any atom is 0.170 e. The largest absolute Gasteiger partial charge is 0.504 e. The van der Waals surface area contributed by atoms with E-state index >= 15 is 0 Å². The lowest BCUT2D eigenvalue weighted by Crippen LogP contribution is -2.36. The molecule has 46 heavy (non-hydrogen) atoms. The summed E-state index contributed by atoms with van der Waals surface area (Å²) >= 11 is 0. The molecule has 3 atom stereocenters. The number of H-pyrrole nitrogens is 1. The number of hydrogen-bond donors (Lipinski definition) is 6. The van der Waals surface area contributed by atoms with Gasteiger partial charge in [-0.25, -0.2) is 4.98 Å². The SMILES string of the molecule is COc1cc(CCC(=O)C(O)C(=O)CCCCCCCCCO)cc(C2c3ccnc(N)c3C=CC2(CO)Cc2ccc[nH]2)c1O. The summed E-state index contributed by atoms with van der Waals surface area (Å²) in [5, 5.41) is 41.8. The third kappa shape index (κ3) is 8.23. The van der Waals surface area contributed by atoms with Gasteiger partial charge in [0.1, 0.15) is 5.82 Å². The Morgan fingerprint density at radius 3 is 2.41 bits per heavy atom. The van der Waals surface area contributed by atoms with Crippen molar-refractivity contribution < 1.29 is 34.8 Å². The quantitative estimate of drug-likeness (QED) is 0.0811. The van der Waals surface area contributed by atoms with E-state index in [1.165, 1.54) is 7.11 Å². The number of Topliss-reactive ketones (excluding diaryl/α,β-unsaturated/α-hetero) is 2. The van der Waals surface area contributed by atoms with Crippen LogP contribution < -0.4 is 10.5 Å². The fourth-order valence-electron chi connectivity index (χ4n) is 6.49. The minimum atomic E-state index is -1.67. The smallest absolute Gasteiger partial charge is 0.170 e. The number of phenols is 1. The minimum Gasteiger partial charge on any atom is -0.504 e. The summed E-state index contributed by atoms with van der Waals surface area (Å²) in [7, 11) is 1.44. The Labute approximate surface area is 270 Å². The lowest BCUT2D eigenvalue weighted by atomic mass is 9.63. The number of carbonyl (C=O) groups is 2. The summed E-state index contributed by atoms with van der Waals surface area (Å²) < 4.78 is 5.55. The first kappa shape index (κ1) is 34.9. The van der Waals surface area contributed by atoms with Crippen molar-refractivity contribution in [2.24, 2.45) is 5.41 Å². The molecule has 0 bridgehead atoms. The lowest BCUT2D eigenvalue weighted by Gasteiger charge is -2.41. The van der Waals surface area contributed by atoms with Crippen LogP contribution in [0.5, 0.6) is 11.5 Å². The highest BCUT2D eigenvalue weighted by Crippen LogP contribution is 2.53. The molecule has 0 aliphatic heterocycles. The number of aliphatic hydroxyl groups is 3. The van der Waals surface area contributed by atoms with Crippen LogP contribution in [0.2, 0.25) is 0 Å². The van der Waals surface area contributed by atoms with Crippen molar-refractivity contribution in [2.45, 2.75) is 82.7 Å². The number of nitrogens with zero attached hydrogens (tertiary/aromatic N) is 1. The van der Waals surface area contributed by atoms with Crippen molar-refractivity contribution in [3.63, 3.8) is 0 Å². The van der Waals surface area contributed by atoms with E-state index in [0.29, 0.717) is 35.3 Å². The number of anilines is 1. The normalized spacial score (nSPS) is 17.9. The van der Waals surface area contributed by atoms with Crippen molar-refractivity contribution in [3.05, 3.63) is 76.7 Å². The lowest BCUT2D eigenvalue weighted by molar-refractivity contribution is -0.138. The summed E-state index contributed by atoms with van der Waals surface area (Å²) in [6, 6.07) is 9.10. The maximum absolute atomic E-state index is 12.9. The van der Waals surface area contributed by atoms with Crippen molar-refractivity contribution in [3.8, 4) is 11.5 Å². The van der Waals surface area contributed by atoms with E-state index in [-0.39, 0.29) is 44.0 Å². The van der Waals surface area contributed by atoms with Gasteiger partial charge in [-0.05, 0) is 61.1 Å². The van der Waals surface area contributed by atoms with Gasteiger partial charge < -0.3 is 35.9 Å². The molecule has 7 N–H and O–H groups in total. The number of nitrogens with two attached hydrogens (primary N) is 1. The number of ketones is 2. The van der Waals surface area contributed by atoms with Crippen LogP contribution in [-0.2, 0) is 22.4 Å². The molecule has 10 nitrogen and oxygen atoms in total. The number of benzene rings is 1. The molecule has 0 fully saturated rings. The second-order valence-electron chi connectivity index (χ2n) is 12.2. The second kappa shape index (κ2) is 16.5. The first-order valence-corrected chi connectivity index (χ1v) is 16.2. The van der Waals surface area contributed by atoms with Crippen LogP contribution in [0, 0.1) is 5.41 Å². The van der Waals surface area contributed by atoms with E-state index in [9.17, 15) is 24.9 Å². The molecule has 0 radical (unpaired) electrons. The van der Waals surface area contributed by atoms with Crippen molar-refractivity contribution >= 4 is 23.5 Å². The number of unbranched alkanes of at least 4 members (excludes halogenated alkanes) is 6. The van der Waals surface area contributed by atoms with Gasteiger partial charge in [-0.15, -0.1) is 0 Å². The number of aryl methyl sites for hydroxylation is 1. The molecular weight excluding hydrogens is 586 g/mol. The topological polar surface area (TPSA) is 179 Å². The van der Waals surface area contributed by atoms with Crippen LogP contribution in [0.3, 0.4) is 0 Å². The highest BCUT2D eigenvalue weighted by molar-refractivity contribution is 6.05. The molecule has 3 aromatic rings. The molecule has 10 heteroatoms. The summed E-state index contributed by atoms with van der Waals surface area (Å²) in [5.41, 5.74) is 8.94. The van der Waals surface area contributed by atoms with Crippen LogP contribution >= 0.6 is 0 Å². The van der Waals surface area contributed by atoms with Crippen LogP contribution in [0.25, 0.3) is 6.08 Å². The van der Waals surface area contributed by atoms with Gasteiger partial charge in [0.15, 0.2) is 29.2 Å². The number of hydrogen-bond acceptors (Lipinski definition) is 9. The second-order valence-corrected chi connectivity index (χ2v) is 12.2. The molecule has 3 unspecified atom stereocenters. The Hall–Kier alpha value is -3.99. The number of aromatic nitrogens is 2. The minimum absolute atomic E-state index is 0.0726. The number of aromatic hydroxyl groups is 1. The molecule has 1 aliphatic carbocycles. The number of methoxy groups -OCH3 is 1. The maximum atomic E-state index is 12.9. The van der Waals surface area contributed by atoms with E-state index in [2.05, 4.69) is 9.97 Å². The average Bonchev–Trinajstić information content (AvgIpc) is 3.57. The van der Waals surface area contributed by atoms with Gasteiger partial charge in [-0.3, -0.25) is 9.59 Å². The Morgan fingerprint density at radius 1 is 1.02 bits per heavy atom. The first-order chi connectivity index (χ1) is 22.2. The van der Waals surface area contributed by atoms with E-state index in [1.807, 2.05) is 36.5 Å². The predicted molar refractivity (Wildman–Crippen MR) is 177 cm³/mol. The number of nitrogens with one attached hydrogen (secondary N) is 1. The number of rotatable bonds is 19. The molecular formula is C36H47N3O7. The number of aliphatic hydroxyl groups excluding tert-OH is 3. The molecule has 0 spiro atoms. The molecule has 4 rings (SSSR count). The molecule has 0 saturated heterocycles. The Kier molecular flexibility index (Phi) is 12.5. The van der Waals surface area contributed by atoms with Gasteiger partial charge in [0.2, 0.25) is 0 Å². The van der Waals surface area contributed by atoms with Crippen LogP contribution in [0.4, 0.5) is 5.82 Å². The first-order valence-electron chi connectivity index (χ1n) is 16.2. The Bertz CT molecular complexity index is 1490. The van der Waals surface area contributed by atoms with Crippen LogP contribution in [0.1, 0.15) is 91.7 Å².